The van der Waals surface area contributed by atoms with Crippen molar-refractivity contribution in [2.75, 3.05) is 27.0 Å². The molecule has 0 spiro atoms. The molecule has 0 unspecified atom stereocenters. The van der Waals surface area contributed by atoms with Crippen LogP contribution < -0.4 is 0 Å². The zero-order valence-electron chi connectivity index (χ0n) is 13.1. The van der Waals surface area contributed by atoms with Gasteiger partial charge in [-0.2, -0.15) is 0 Å². The predicted octanol–water partition coefficient (Wildman–Crippen LogP) is 3.68. The molecule has 0 saturated carbocycles. The number of para-hydroxylation sites is 1. The molecule has 5 heteroatoms. The number of aliphatic imine (C=N–C) groups is 1. The average molecular weight is 373 g/mol. The third-order valence-corrected chi connectivity index (χ3v) is 1.85. The molecule has 0 amide bonds. The second-order valence-electron chi connectivity index (χ2n) is 4.38. The summed E-state index contributed by atoms with van der Waals surface area (Å²) in [4.78, 5) is 5.50. The molecule has 2 rings (SSSR count). The number of benzene rings is 1. The second-order valence-corrected chi connectivity index (χ2v) is 7.56. The fourth-order valence-corrected chi connectivity index (χ4v) is 0.877. The molecule has 0 aromatic heterocycles. The Morgan fingerprint density at radius 1 is 1.14 bits per heavy atom. The van der Waals surface area contributed by atoms with E-state index in [0.29, 0.717) is 0 Å². The van der Waals surface area contributed by atoms with Crippen molar-refractivity contribution in [1.82, 2.24) is 4.90 Å². The van der Waals surface area contributed by atoms with Crippen molar-refractivity contribution in [2.24, 2.45) is 4.99 Å². The van der Waals surface area contributed by atoms with Gasteiger partial charge in [0.25, 0.3) is 0 Å². The molecule has 2 nitrogen and oxygen atoms in total. The van der Waals surface area contributed by atoms with Crippen molar-refractivity contribution in [3.8, 4) is 0 Å². The summed E-state index contributed by atoms with van der Waals surface area (Å²) in [5.41, 5.74) is 3.30. The van der Waals surface area contributed by atoms with E-state index in [4.69, 9.17) is 0 Å². The molecule has 0 heterocycles. The summed E-state index contributed by atoms with van der Waals surface area (Å²) in [5, 5.41) is 0. The molecule has 2 aromatic carbocycles. The van der Waals surface area contributed by atoms with Crippen LogP contribution in [0.4, 0.5) is 5.69 Å². The van der Waals surface area contributed by atoms with E-state index < -0.39 is 0 Å². The Hall–Kier alpha value is -0.934. The van der Waals surface area contributed by atoms with Gasteiger partial charge in [0.05, 0.1) is 0 Å². The first-order chi connectivity index (χ1) is 10.1. The summed E-state index contributed by atoms with van der Waals surface area (Å²) in [6.45, 7) is 6.81. The first-order valence-corrected chi connectivity index (χ1v) is 9.69. The van der Waals surface area contributed by atoms with E-state index in [2.05, 4.69) is 73.3 Å². The largest absolute Gasteiger partial charge is 0.999 e. The van der Waals surface area contributed by atoms with Crippen LogP contribution in [-0.4, -0.2) is 43.8 Å². The number of hydrogen-bond acceptors (Lipinski definition) is 2. The molecule has 0 saturated heterocycles. The van der Waals surface area contributed by atoms with Gasteiger partial charge in [-0.25, -0.2) is 0 Å². The Balaban J connectivity index is 0. The minimum absolute atomic E-state index is 0. The van der Waals surface area contributed by atoms with E-state index in [-0.39, 0.29) is 24.7 Å². The molecule has 2 aromatic rings. The van der Waals surface area contributed by atoms with Crippen LogP contribution in [0.15, 0.2) is 41.4 Å². The minimum atomic E-state index is 0. The van der Waals surface area contributed by atoms with Crippen LogP contribution in [0.2, 0.25) is 0 Å². The molecule has 0 aliphatic rings. The molecular formula is C17H19CoN2PS-6. The number of thiocarbonyl (C=S) groups is 1. The van der Waals surface area contributed by atoms with Crippen LogP contribution in [0.1, 0.15) is 0 Å². The molecule has 0 atom stereocenters. The van der Waals surface area contributed by atoms with Crippen LogP contribution in [0.5, 0.6) is 0 Å². The Labute approximate surface area is 152 Å². The van der Waals surface area contributed by atoms with Crippen molar-refractivity contribution in [2.45, 2.75) is 0 Å². The number of nitrogens with zero attached hydrogens (tertiary/aromatic N) is 2. The van der Waals surface area contributed by atoms with Crippen LogP contribution in [0.25, 0.3) is 0 Å². The summed E-state index contributed by atoms with van der Waals surface area (Å²) in [7, 11) is 1.86. The fourth-order valence-electron chi connectivity index (χ4n) is 0.836. The molecule has 1 radical (unpaired) electrons. The van der Waals surface area contributed by atoms with Gasteiger partial charge in [0.2, 0.25) is 0 Å². The average Bonchev–Trinajstić information content (AvgIpc) is 3.04. The number of rotatable bonds is 3. The van der Waals surface area contributed by atoms with E-state index >= 15 is 0 Å². The Morgan fingerprint density at radius 3 is 2.00 bits per heavy atom. The summed E-state index contributed by atoms with van der Waals surface area (Å²) >= 11 is 4.54. The summed E-state index contributed by atoms with van der Waals surface area (Å²) in [6, 6.07) is 21.6. The maximum absolute atomic E-state index is 4.54. The molecule has 0 aliphatic heterocycles. The van der Waals surface area contributed by atoms with E-state index in [0.717, 1.165) is 5.69 Å². The summed E-state index contributed by atoms with van der Waals surface area (Å²) in [6.07, 6.45) is 2.69. The quantitative estimate of drug-likeness (QED) is 0.204. The first kappa shape index (κ1) is 23.3. The van der Waals surface area contributed by atoms with Crippen molar-refractivity contribution in [1.29, 1.82) is 0 Å². The van der Waals surface area contributed by atoms with Gasteiger partial charge in [0.15, 0.2) is 0 Å². The Bertz CT molecular complexity index is 453. The molecule has 0 aliphatic carbocycles. The third kappa shape index (κ3) is 17.1. The maximum Gasteiger partial charge on any atom is 0.0461 e. The van der Waals surface area contributed by atoms with Crippen LogP contribution >= 0.6 is 20.1 Å². The zero-order valence-corrected chi connectivity index (χ0v) is 16.0. The van der Waals surface area contributed by atoms with Gasteiger partial charge in [-0.05, 0) is 27.1 Å². The molecular weight excluding hydrogens is 354 g/mol. The molecule has 0 N–H and O–H groups in total. The molecule has 22 heavy (non-hydrogen) atoms. The van der Waals surface area contributed by atoms with Crippen LogP contribution in [-0.2, 0) is 16.8 Å². The van der Waals surface area contributed by atoms with Crippen molar-refractivity contribution in [3.05, 3.63) is 60.7 Å². The fraction of sp³-hybridized carbons (Fsp3) is 0.235. The maximum atomic E-state index is 4.54. The van der Waals surface area contributed by atoms with E-state index in [9.17, 15) is 0 Å². The van der Waals surface area contributed by atoms with Gasteiger partial charge in [-0.15, -0.1) is 0 Å². The van der Waals surface area contributed by atoms with E-state index in [1.54, 1.807) is 13.1 Å². The topological polar surface area (TPSA) is 15.6 Å². The van der Waals surface area contributed by atoms with Crippen molar-refractivity contribution >= 4 is 37.7 Å². The number of hydrogen-bond donors (Lipinski definition) is 0. The van der Waals surface area contributed by atoms with Gasteiger partial charge in [-0.3, -0.25) is 0 Å². The molecule has 0 bridgehead atoms. The van der Waals surface area contributed by atoms with Crippen molar-refractivity contribution < 1.29 is 16.8 Å². The van der Waals surface area contributed by atoms with Crippen molar-refractivity contribution in [3.63, 3.8) is 0 Å². The standard InChI is InChI=1S/C9H8N2S.C5H.C3H9P.Co/c1-11(8-12)7-10-9-5-3-2-4-6-9;1-2-4-5-3-1;1-4(2)3;/h2-6H,1H3;1H;1-3H3;/q-2;-5;;/p+1. The van der Waals surface area contributed by atoms with E-state index in [1.807, 2.05) is 30.3 Å². The Kier molecular flexibility index (Phi) is 17.4. The summed E-state index contributed by atoms with van der Waals surface area (Å²) < 4.78 is 0. The third-order valence-electron chi connectivity index (χ3n) is 1.57. The minimum Gasteiger partial charge on any atom is -0.999 e. The Morgan fingerprint density at radius 2 is 1.64 bits per heavy atom. The second kappa shape index (κ2) is 16.4. The molecule has 0 fully saturated rings. The van der Waals surface area contributed by atoms with Crippen LogP contribution in [0.3, 0.4) is 0 Å². The zero-order chi connectivity index (χ0) is 15.9. The smallest absolute Gasteiger partial charge is 0.0461 e. The van der Waals surface area contributed by atoms with Crippen LogP contribution in [0, 0.1) is 24.3 Å². The van der Waals surface area contributed by atoms with Gasteiger partial charge in [0, 0.05) is 42.5 Å². The SMILES string of the molecule is CN([C-]=S)[C-]=Nc1ccccc1.C[PH+](C)C.[Co].[c-]1[c-][c-][cH-][c-]1. The molecule has 123 valence electrons. The van der Waals surface area contributed by atoms with Gasteiger partial charge < -0.3 is 64.3 Å². The van der Waals surface area contributed by atoms with Gasteiger partial charge in [0.1, 0.15) is 0 Å². The predicted molar refractivity (Wildman–Crippen MR) is 97.4 cm³/mol. The normalized spacial score (nSPS) is 8.95. The van der Waals surface area contributed by atoms with Gasteiger partial charge >= 0.3 is 0 Å². The van der Waals surface area contributed by atoms with Gasteiger partial charge in [-0.1, -0.05) is 18.2 Å². The first-order valence-electron chi connectivity index (χ1n) is 6.28. The van der Waals surface area contributed by atoms with E-state index in [1.165, 1.54) is 4.90 Å². The summed E-state index contributed by atoms with van der Waals surface area (Å²) in [5.74, 6) is 0. The monoisotopic (exact) mass is 373 g/mol.